The molecule has 2 atom stereocenters. The number of fused-ring (bicyclic) bond motifs is 3. The molecule has 0 radical (unpaired) electrons. The van der Waals surface area contributed by atoms with E-state index in [0.717, 1.165) is 59.8 Å². The summed E-state index contributed by atoms with van der Waals surface area (Å²) in [5.74, 6) is 1.02. The third kappa shape index (κ3) is 3.51. The molecule has 3 aliphatic heterocycles. The number of nitriles is 1. The van der Waals surface area contributed by atoms with E-state index in [-0.39, 0.29) is 0 Å². The smallest absolute Gasteiger partial charge is 0.128 e. The Kier molecular flexibility index (Phi) is 5.04. The van der Waals surface area contributed by atoms with E-state index < -0.39 is 0 Å². The third-order valence-electron chi connectivity index (χ3n) is 7.21. The molecule has 0 aliphatic carbocycles. The number of hydrogen-bond acceptors (Lipinski definition) is 6. The Hall–Kier alpha value is -3.76. The average Bonchev–Trinajstić information content (AvgIpc) is 3.30. The largest absolute Gasteiger partial charge is 0.353 e. The van der Waals surface area contributed by atoms with Crippen LogP contribution in [-0.2, 0) is 13.0 Å². The molecule has 2 unspecified atom stereocenters. The van der Waals surface area contributed by atoms with Crippen LogP contribution in [0.25, 0.3) is 16.6 Å². The summed E-state index contributed by atoms with van der Waals surface area (Å²) >= 11 is 0. The molecule has 2 bridgehead atoms. The van der Waals surface area contributed by atoms with Crippen molar-refractivity contribution < 1.29 is 0 Å². The van der Waals surface area contributed by atoms with Gasteiger partial charge in [0.15, 0.2) is 0 Å². The summed E-state index contributed by atoms with van der Waals surface area (Å²) in [5.41, 5.74) is 6.94. The van der Waals surface area contributed by atoms with Crippen molar-refractivity contribution in [3.63, 3.8) is 0 Å². The lowest BCUT2D eigenvalue weighted by Crippen LogP contribution is -2.68. The van der Waals surface area contributed by atoms with Crippen LogP contribution in [-0.4, -0.2) is 49.7 Å². The molecule has 4 aromatic heterocycles. The normalized spacial score (nSPS) is 19.7. The second-order valence-electron chi connectivity index (χ2n) is 9.43. The Morgan fingerprint density at radius 2 is 1.91 bits per heavy atom. The van der Waals surface area contributed by atoms with Crippen molar-refractivity contribution in [3.05, 3.63) is 77.5 Å². The number of hydrogen-bond donors (Lipinski definition) is 0. The molecule has 7 heterocycles. The van der Waals surface area contributed by atoms with Gasteiger partial charge in [-0.2, -0.15) is 10.4 Å². The van der Waals surface area contributed by atoms with Crippen molar-refractivity contribution in [1.82, 2.24) is 24.5 Å². The van der Waals surface area contributed by atoms with Gasteiger partial charge >= 0.3 is 0 Å². The maximum Gasteiger partial charge on any atom is 0.128 e. The Labute approximate surface area is 199 Å². The molecule has 0 aromatic carbocycles. The number of piperidine rings is 1. The molecule has 0 saturated carbocycles. The van der Waals surface area contributed by atoms with Gasteiger partial charge in [-0.15, -0.1) is 0 Å². The highest BCUT2D eigenvalue weighted by atomic mass is 15.4. The van der Waals surface area contributed by atoms with Crippen LogP contribution in [0.4, 0.5) is 5.82 Å². The van der Waals surface area contributed by atoms with E-state index in [0.29, 0.717) is 17.6 Å². The van der Waals surface area contributed by atoms with E-state index in [1.807, 2.05) is 25.5 Å². The van der Waals surface area contributed by atoms with Crippen molar-refractivity contribution in [2.24, 2.45) is 0 Å². The summed E-state index contributed by atoms with van der Waals surface area (Å²) in [5, 5.41) is 13.9. The van der Waals surface area contributed by atoms with E-state index >= 15 is 0 Å². The molecule has 170 valence electrons. The lowest BCUT2D eigenvalue weighted by molar-refractivity contribution is -0.00875. The van der Waals surface area contributed by atoms with E-state index in [9.17, 15) is 5.26 Å². The first-order valence-electron chi connectivity index (χ1n) is 11.9. The van der Waals surface area contributed by atoms with Gasteiger partial charge in [-0.05, 0) is 55.2 Å². The first-order valence-corrected chi connectivity index (χ1v) is 11.9. The topological polar surface area (TPSA) is 73.3 Å². The minimum Gasteiger partial charge on any atom is -0.353 e. The summed E-state index contributed by atoms with van der Waals surface area (Å²) in [6.07, 6.45) is 9.77. The van der Waals surface area contributed by atoms with Crippen LogP contribution in [0, 0.1) is 18.3 Å². The fourth-order valence-corrected chi connectivity index (χ4v) is 5.39. The molecule has 4 aromatic rings. The molecule has 7 rings (SSSR count). The van der Waals surface area contributed by atoms with Crippen LogP contribution in [0.1, 0.15) is 35.7 Å². The van der Waals surface area contributed by atoms with Crippen molar-refractivity contribution >= 4 is 11.3 Å². The number of anilines is 1. The van der Waals surface area contributed by atoms with Crippen molar-refractivity contribution in [3.8, 4) is 17.2 Å². The fourth-order valence-electron chi connectivity index (χ4n) is 5.39. The average molecular weight is 450 g/mol. The monoisotopic (exact) mass is 449 g/mol. The second-order valence-corrected chi connectivity index (χ2v) is 9.43. The Morgan fingerprint density at radius 1 is 1.06 bits per heavy atom. The van der Waals surface area contributed by atoms with E-state index in [2.05, 4.69) is 63.2 Å². The minimum atomic E-state index is 0.562. The molecule has 0 N–H and O–H groups in total. The van der Waals surface area contributed by atoms with Crippen LogP contribution < -0.4 is 4.90 Å². The third-order valence-corrected chi connectivity index (χ3v) is 7.21. The molecule has 7 nitrogen and oxygen atoms in total. The van der Waals surface area contributed by atoms with Gasteiger partial charge in [0.1, 0.15) is 11.9 Å². The Balaban J connectivity index is 1.18. The van der Waals surface area contributed by atoms with Gasteiger partial charge < -0.3 is 4.90 Å². The van der Waals surface area contributed by atoms with Gasteiger partial charge in [-0.1, -0.05) is 13.0 Å². The minimum absolute atomic E-state index is 0.562. The predicted octanol–water partition coefficient (Wildman–Crippen LogP) is 4.00. The highest BCUT2D eigenvalue weighted by Gasteiger charge is 2.44. The van der Waals surface area contributed by atoms with Gasteiger partial charge in [0.2, 0.25) is 0 Å². The van der Waals surface area contributed by atoms with Gasteiger partial charge in [0.25, 0.3) is 0 Å². The molecule has 34 heavy (non-hydrogen) atoms. The lowest BCUT2D eigenvalue weighted by Gasteiger charge is -2.56. The Bertz CT molecular complexity index is 1370. The zero-order valence-corrected chi connectivity index (χ0v) is 19.5. The summed E-state index contributed by atoms with van der Waals surface area (Å²) in [6.45, 7) is 7.15. The highest BCUT2D eigenvalue weighted by molar-refractivity contribution is 5.84. The number of rotatable bonds is 5. The van der Waals surface area contributed by atoms with Gasteiger partial charge in [0, 0.05) is 67.1 Å². The molecule has 0 spiro atoms. The van der Waals surface area contributed by atoms with Crippen LogP contribution >= 0.6 is 0 Å². The number of aryl methyl sites for hydroxylation is 2. The zero-order chi connectivity index (χ0) is 23.2. The summed E-state index contributed by atoms with van der Waals surface area (Å²) in [6, 6.07) is 14.1. The summed E-state index contributed by atoms with van der Waals surface area (Å²) in [4.78, 5) is 14.4. The summed E-state index contributed by atoms with van der Waals surface area (Å²) in [7, 11) is 0. The van der Waals surface area contributed by atoms with Crippen LogP contribution in [0.5, 0.6) is 0 Å². The summed E-state index contributed by atoms with van der Waals surface area (Å²) < 4.78 is 1.79. The van der Waals surface area contributed by atoms with Crippen molar-refractivity contribution in [2.75, 3.05) is 18.0 Å². The van der Waals surface area contributed by atoms with Crippen LogP contribution in [0.3, 0.4) is 0 Å². The highest BCUT2D eigenvalue weighted by Crippen LogP contribution is 2.36. The number of pyridine rings is 3. The number of piperazine rings is 1. The van der Waals surface area contributed by atoms with Gasteiger partial charge in [-0.25, -0.2) is 9.50 Å². The van der Waals surface area contributed by atoms with Crippen molar-refractivity contribution in [1.29, 1.82) is 5.26 Å². The van der Waals surface area contributed by atoms with E-state index in [1.54, 1.807) is 10.7 Å². The van der Waals surface area contributed by atoms with E-state index in [1.165, 1.54) is 12.0 Å². The molecular weight excluding hydrogens is 422 g/mol. The Morgan fingerprint density at radius 3 is 2.59 bits per heavy atom. The van der Waals surface area contributed by atoms with E-state index in [4.69, 9.17) is 4.98 Å². The SMILES string of the molecule is CCc1ccc(CN2C3CC2CN(c2ccc(-c4cc(C)cn5ncc(C#N)c45)cn2)C3)cn1. The van der Waals surface area contributed by atoms with Crippen LogP contribution in [0.15, 0.2) is 55.1 Å². The van der Waals surface area contributed by atoms with Crippen LogP contribution in [0.2, 0.25) is 0 Å². The fraction of sp³-hybridized carbons (Fsp3) is 0.333. The van der Waals surface area contributed by atoms with Gasteiger partial charge in [-0.3, -0.25) is 9.88 Å². The maximum atomic E-state index is 9.51. The molecule has 3 fully saturated rings. The number of nitrogens with zero attached hydrogens (tertiary/aromatic N) is 7. The molecule has 3 saturated heterocycles. The zero-order valence-electron chi connectivity index (χ0n) is 19.5. The molecule has 0 amide bonds. The van der Waals surface area contributed by atoms with Gasteiger partial charge in [0.05, 0.1) is 17.3 Å². The standard InChI is InChI=1S/C27H27N7/c1-3-22-6-4-19(11-29-22)15-33-23-9-24(33)17-32(16-23)26-7-5-20(12-30-26)25-8-18(2)14-34-27(25)21(10-28)13-31-34/h4-8,11-14,23-24H,3,9,15-17H2,1-2H3. The first-order chi connectivity index (χ1) is 16.6. The molecular formula is C27H27N7. The lowest BCUT2D eigenvalue weighted by atomic mass is 9.87. The number of aromatic nitrogens is 4. The quantitative estimate of drug-likeness (QED) is 0.459. The second kappa shape index (κ2) is 8.23. The molecule has 3 aliphatic rings. The first kappa shape index (κ1) is 20.8. The maximum absolute atomic E-state index is 9.51. The predicted molar refractivity (Wildman–Crippen MR) is 131 cm³/mol. The van der Waals surface area contributed by atoms with Crippen molar-refractivity contribution in [2.45, 2.75) is 45.3 Å². The molecule has 7 heteroatoms.